The Kier molecular flexibility index (Phi) is 7.13. The van der Waals surface area contributed by atoms with Crippen LogP contribution < -0.4 is 21.3 Å². The van der Waals surface area contributed by atoms with Crippen molar-refractivity contribution in [2.45, 2.75) is 63.1 Å². The van der Waals surface area contributed by atoms with E-state index in [9.17, 15) is 9.59 Å². The van der Waals surface area contributed by atoms with E-state index in [1.807, 2.05) is 24.3 Å². The lowest BCUT2D eigenvalue weighted by molar-refractivity contribution is -0.127. The number of carbonyl (C=O) groups is 2. The van der Waals surface area contributed by atoms with Crippen molar-refractivity contribution < 1.29 is 9.59 Å². The lowest BCUT2D eigenvalue weighted by Crippen LogP contribution is -2.60. The molecule has 0 unspecified atom stereocenters. The molecular weight excluding hydrogens is 408 g/mol. The predicted molar refractivity (Wildman–Crippen MR) is 109 cm³/mol. The molecule has 3 rings (SSSR count). The van der Waals surface area contributed by atoms with E-state index in [2.05, 4.69) is 37.2 Å². The number of urea groups is 1. The molecule has 1 aromatic rings. The fraction of sp³-hybridized carbons (Fsp3) is 0.600. The second kappa shape index (κ2) is 9.55. The normalized spacial score (nSPS) is 21.4. The summed E-state index contributed by atoms with van der Waals surface area (Å²) in [4.78, 5) is 25.3. The van der Waals surface area contributed by atoms with Crippen LogP contribution >= 0.6 is 15.9 Å². The van der Waals surface area contributed by atoms with Gasteiger partial charge in [0.2, 0.25) is 5.91 Å². The first-order valence-electron chi connectivity index (χ1n) is 9.90. The Morgan fingerprint density at radius 1 is 1.15 bits per heavy atom. The quantitative estimate of drug-likeness (QED) is 0.553. The third-order valence-electron chi connectivity index (χ3n) is 5.51. The van der Waals surface area contributed by atoms with E-state index < -0.39 is 5.54 Å². The first kappa shape index (κ1) is 20.1. The van der Waals surface area contributed by atoms with Crippen LogP contribution in [0.4, 0.5) is 4.79 Å². The Morgan fingerprint density at radius 3 is 2.67 bits per heavy atom. The second-order valence-corrected chi connectivity index (χ2v) is 8.50. The van der Waals surface area contributed by atoms with Gasteiger partial charge in [0.15, 0.2) is 0 Å². The number of benzene rings is 1. The summed E-state index contributed by atoms with van der Waals surface area (Å²) in [7, 11) is 0. The Morgan fingerprint density at radius 2 is 1.96 bits per heavy atom. The van der Waals surface area contributed by atoms with Crippen LogP contribution in [0.15, 0.2) is 28.7 Å². The van der Waals surface area contributed by atoms with E-state index in [1.54, 1.807) is 0 Å². The average molecular weight is 437 g/mol. The van der Waals surface area contributed by atoms with Gasteiger partial charge in [0.1, 0.15) is 5.54 Å². The summed E-state index contributed by atoms with van der Waals surface area (Å²) < 4.78 is 0.977. The maximum absolute atomic E-state index is 12.9. The molecule has 148 valence electrons. The Bertz CT molecular complexity index is 655. The minimum absolute atomic E-state index is 0.0509. The molecule has 1 aliphatic heterocycles. The molecule has 1 saturated heterocycles. The van der Waals surface area contributed by atoms with Crippen LogP contribution in [0.2, 0.25) is 0 Å². The van der Waals surface area contributed by atoms with Crippen molar-refractivity contribution >= 4 is 27.9 Å². The highest BCUT2D eigenvalue weighted by atomic mass is 79.9. The fourth-order valence-electron chi connectivity index (χ4n) is 3.96. The van der Waals surface area contributed by atoms with Crippen LogP contribution in [0.1, 0.15) is 50.5 Å². The van der Waals surface area contributed by atoms with Gasteiger partial charge < -0.3 is 21.3 Å². The number of hydrogen-bond donors (Lipinski definition) is 4. The third-order valence-corrected chi connectivity index (χ3v) is 6.00. The van der Waals surface area contributed by atoms with Crippen molar-refractivity contribution in [3.05, 3.63) is 34.3 Å². The molecule has 1 saturated carbocycles. The minimum atomic E-state index is -0.782. The van der Waals surface area contributed by atoms with Crippen LogP contribution in [0.5, 0.6) is 0 Å². The molecule has 6 nitrogen and oxygen atoms in total. The van der Waals surface area contributed by atoms with Gasteiger partial charge in [0.25, 0.3) is 0 Å². The van der Waals surface area contributed by atoms with Crippen molar-refractivity contribution in [2.24, 2.45) is 0 Å². The minimum Gasteiger partial charge on any atom is -0.352 e. The summed E-state index contributed by atoms with van der Waals surface area (Å²) in [6.07, 6.45) is 6.81. The smallest absolute Gasteiger partial charge is 0.315 e. The number of nitrogens with one attached hydrogen (secondary N) is 4. The fourth-order valence-corrected chi connectivity index (χ4v) is 4.41. The molecule has 0 bridgehead atoms. The molecule has 1 heterocycles. The summed E-state index contributed by atoms with van der Waals surface area (Å²) in [5.74, 6) is -0.0509. The molecule has 7 heteroatoms. The van der Waals surface area contributed by atoms with E-state index >= 15 is 0 Å². The molecule has 0 radical (unpaired) electrons. The zero-order chi connectivity index (χ0) is 19.1. The molecule has 0 spiro atoms. The molecule has 27 heavy (non-hydrogen) atoms. The summed E-state index contributed by atoms with van der Waals surface area (Å²) in [5, 5.41) is 12.4. The summed E-state index contributed by atoms with van der Waals surface area (Å²) in [6.45, 7) is 2.07. The van der Waals surface area contributed by atoms with Gasteiger partial charge in [-0.15, -0.1) is 0 Å². The molecule has 1 atom stereocenters. The summed E-state index contributed by atoms with van der Waals surface area (Å²) >= 11 is 3.43. The number of halogens is 1. The Hall–Kier alpha value is -1.60. The third kappa shape index (κ3) is 5.69. The number of rotatable bonds is 6. The van der Waals surface area contributed by atoms with Crippen molar-refractivity contribution in [2.75, 3.05) is 13.1 Å². The van der Waals surface area contributed by atoms with Crippen LogP contribution in [-0.2, 0) is 11.3 Å². The molecular formula is C20H29BrN4O2. The van der Waals surface area contributed by atoms with Crippen molar-refractivity contribution in [1.29, 1.82) is 0 Å². The maximum Gasteiger partial charge on any atom is 0.315 e. The van der Waals surface area contributed by atoms with Gasteiger partial charge in [-0.3, -0.25) is 4.79 Å². The molecule has 2 fully saturated rings. The van der Waals surface area contributed by atoms with E-state index in [0.29, 0.717) is 32.0 Å². The topological polar surface area (TPSA) is 82.3 Å². The molecule has 2 aliphatic rings. The largest absolute Gasteiger partial charge is 0.352 e. The van der Waals surface area contributed by atoms with Gasteiger partial charge >= 0.3 is 6.03 Å². The number of amides is 3. The lowest BCUT2D eigenvalue weighted by Gasteiger charge is -2.31. The molecule has 0 aromatic heterocycles. The van der Waals surface area contributed by atoms with Crippen molar-refractivity contribution in [3.63, 3.8) is 0 Å². The van der Waals surface area contributed by atoms with E-state index in [-0.39, 0.29) is 11.9 Å². The van der Waals surface area contributed by atoms with Crippen molar-refractivity contribution in [3.8, 4) is 0 Å². The Balaban J connectivity index is 1.52. The summed E-state index contributed by atoms with van der Waals surface area (Å²) in [6, 6.07) is 7.86. The first-order chi connectivity index (χ1) is 13.1. The van der Waals surface area contributed by atoms with Gasteiger partial charge in [-0.2, -0.15) is 0 Å². The molecule has 3 amide bonds. The number of carbonyl (C=O) groups excluding carboxylic acids is 2. The highest BCUT2D eigenvalue weighted by molar-refractivity contribution is 9.10. The highest BCUT2D eigenvalue weighted by Gasteiger charge is 2.42. The zero-order valence-electron chi connectivity index (χ0n) is 15.7. The molecule has 4 N–H and O–H groups in total. The van der Waals surface area contributed by atoms with Crippen LogP contribution in [-0.4, -0.2) is 36.6 Å². The Labute approximate surface area is 169 Å². The van der Waals surface area contributed by atoms with E-state index in [4.69, 9.17) is 0 Å². The van der Waals surface area contributed by atoms with Gasteiger partial charge in [-0.25, -0.2) is 4.79 Å². The monoisotopic (exact) mass is 436 g/mol. The number of piperidine rings is 1. The first-order valence-corrected chi connectivity index (χ1v) is 10.7. The maximum atomic E-state index is 12.9. The highest BCUT2D eigenvalue weighted by Crippen LogP contribution is 2.30. The van der Waals surface area contributed by atoms with Crippen LogP contribution in [0, 0.1) is 0 Å². The van der Waals surface area contributed by atoms with Gasteiger partial charge in [0.05, 0.1) is 0 Å². The average Bonchev–Trinajstić information content (AvgIpc) is 3.15. The second-order valence-electron chi connectivity index (χ2n) is 7.58. The van der Waals surface area contributed by atoms with E-state index in [0.717, 1.165) is 35.8 Å². The zero-order valence-corrected chi connectivity index (χ0v) is 17.2. The van der Waals surface area contributed by atoms with Crippen molar-refractivity contribution in [1.82, 2.24) is 21.3 Å². The standard InChI is InChI=1S/C20H29BrN4O2/c21-16-7-5-6-15(12-16)13-24-19(27)25-20(9-2-3-10-20)18(26)23-14-17-8-1-4-11-22-17/h5-7,12,17,22H,1-4,8-11,13-14H2,(H,23,26)(H2,24,25,27)/t17-/m0/s1. The van der Waals surface area contributed by atoms with Gasteiger partial charge in [-0.05, 0) is 49.9 Å². The van der Waals surface area contributed by atoms with Gasteiger partial charge in [0, 0.05) is 23.6 Å². The van der Waals surface area contributed by atoms with E-state index in [1.165, 1.54) is 12.8 Å². The number of hydrogen-bond acceptors (Lipinski definition) is 3. The SMILES string of the molecule is O=C(NCc1cccc(Br)c1)NC1(C(=O)NC[C@@H]2CCCCN2)CCCC1. The lowest BCUT2D eigenvalue weighted by atomic mass is 9.96. The van der Waals surface area contributed by atoms with Crippen LogP contribution in [0.25, 0.3) is 0 Å². The molecule has 1 aliphatic carbocycles. The van der Waals surface area contributed by atoms with Crippen LogP contribution in [0.3, 0.4) is 0 Å². The van der Waals surface area contributed by atoms with Gasteiger partial charge in [-0.1, -0.05) is 47.3 Å². The molecule has 1 aromatic carbocycles. The summed E-state index contributed by atoms with van der Waals surface area (Å²) in [5.41, 5.74) is 0.226. The predicted octanol–water partition coefficient (Wildman–Crippen LogP) is 2.82.